The molecule has 4 aromatic rings. The second-order valence-corrected chi connectivity index (χ2v) is 6.76. The summed E-state index contributed by atoms with van der Waals surface area (Å²) in [4.78, 5) is 17.3. The zero-order chi connectivity index (χ0) is 19.5. The molecule has 0 atom stereocenters. The number of hydrogen-bond acceptors (Lipinski definition) is 3. The lowest BCUT2D eigenvalue weighted by atomic mass is 10.1. The van der Waals surface area contributed by atoms with Crippen molar-refractivity contribution in [3.8, 4) is 5.75 Å². The van der Waals surface area contributed by atoms with E-state index in [0.717, 1.165) is 28.2 Å². The normalized spacial score (nSPS) is 10.8. The second kappa shape index (κ2) is 7.56. The van der Waals surface area contributed by atoms with Crippen molar-refractivity contribution < 1.29 is 9.53 Å². The van der Waals surface area contributed by atoms with Crippen LogP contribution in [-0.2, 0) is 6.61 Å². The first-order chi connectivity index (χ1) is 13.6. The maximum atomic E-state index is 12.8. The van der Waals surface area contributed by atoms with Crippen molar-refractivity contribution in [3.63, 3.8) is 0 Å². The number of anilines is 1. The fourth-order valence-electron chi connectivity index (χ4n) is 3.13. The Labute approximate surface area is 163 Å². The summed E-state index contributed by atoms with van der Waals surface area (Å²) in [5, 5.41) is 2.98. The van der Waals surface area contributed by atoms with Gasteiger partial charge in [-0.3, -0.25) is 4.79 Å². The topological polar surface area (TPSA) is 55.6 Å². The maximum Gasteiger partial charge on any atom is 0.259 e. The van der Waals surface area contributed by atoms with Crippen LogP contribution in [0.15, 0.2) is 73.1 Å². The molecular weight excluding hydrogens is 350 g/mol. The van der Waals surface area contributed by atoms with Crippen LogP contribution in [0.3, 0.4) is 0 Å². The molecular formula is C23H21N3O2. The molecule has 5 nitrogen and oxygen atoms in total. The number of para-hydroxylation sites is 1. The van der Waals surface area contributed by atoms with Gasteiger partial charge in [-0.15, -0.1) is 0 Å². The molecule has 2 aromatic carbocycles. The number of carbonyl (C=O) groups is 1. The van der Waals surface area contributed by atoms with E-state index in [-0.39, 0.29) is 12.5 Å². The number of pyridine rings is 1. The van der Waals surface area contributed by atoms with Crippen LogP contribution >= 0.6 is 0 Å². The van der Waals surface area contributed by atoms with Crippen LogP contribution in [-0.4, -0.2) is 15.3 Å². The predicted octanol–water partition coefficient (Wildman–Crippen LogP) is 4.78. The first kappa shape index (κ1) is 17.8. The number of fused-ring (bicyclic) bond motifs is 1. The largest absolute Gasteiger partial charge is 0.486 e. The van der Waals surface area contributed by atoms with Gasteiger partial charge in [0.25, 0.3) is 5.91 Å². The Bertz CT molecular complexity index is 1110. The number of hydrogen-bond donors (Lipinski definition) is 1. The zero-order valence-electron chi connectivity index (χ0n) is 15.8. The molecule has 0 saturated heterocycles. The SMILES string of the molecule is Cc1ccc(NC(=O)c2ccccc2OCc2cn3ccccc3n2)c(C)c1. The number of carbonyl (C=O) groups excluding carboxylic acids is 1. The Morgan fingerprint density at radius 3 is 2.71 bits per heavy atom. The van der Waals surface area contributed by atoms with Gasteiger partial charge in [0.1, 0.15) is 18.0 Å². The molecule has 140 valence electrons. The number of imidazole rings is 1. The van der Waals surface area contributed by atoms with E-state index < -0.39 is 0 Å². The van der Waals surface area contributed by atoms with E-state index in [4.69, 9.17) is 4.74 Å². The van der Waals surface area contributed by atoms with Gasteiger partial charge in [-0.1, -0.05) is 35.9 Å². The van der Waals surface area contributed by atoms with Crippen molar-refractivity contribution in [3.05, 3.63) is 95.4 Å². The summed E-state index contributed by atoms with van der Waals surface area (Å²) >= 11 is 0. The molecule has 0 unspecified atom stereocenters. The molecule has 0 aliphatic rings. The number of benzene rings is 2. The van der Waals surface area contributed by atoms with Crippen molar-refractivity contribution in [1.29, 1.82) is 0 Å². The number of nitrogens with one attached hydrogen (secondary N) is 1. The molecule has 5 heteroatoms. The van der Waals surface area contributed by atoms with Crippen LogP contribution in [0, 0.1) is 13.8 Å². The minimum atomic E-state index is -0.197. The van der Waals surface area contributed by atoms with Gasteiger partial charge in [-0.05, 0) is 49.7 Å². The van der Waals surface area contributed by atoms with E-state index in [2.05, 4.69) is 10.3 Å². The minimum Gasteiger partial charge on any atom is -0.486 e. The van der Waals surface area contributed by atoms with Gasteiger partial charge in [0, 0.05) is 18.1 Å². The molecule has 0 saturated carbocycles. The lowest BCUT2D eigenvalue weighted by molar-refractivity contribution is 0.102. The van der Waals surface area contributed by atoms with Crippen LogP contribution in [0.4, 0.5) is 5.69 Å². The summed E-state index contributed by atoms with van der Waals surface area (Å²) in [7, 11) is 0. The zero-order valence-corrected chi connectivity index (χ0v) is 15.8. The van der Waals surface area contributed by atoms with Crippen molar-refractivity contribution >= 4 is 17.2 Å². The number of amides is 1. The quantitative estimate of drug-likeness (QED) is 0.549. The lowest BCUT2D eigenvalue weighted by Crippen LogP contribution is -2.14. The number of rotatable bonds is 5. The van der Waals surface area contributed by atoms with E-state index in [1.165, 1.54) is 0 Å². The molecule has 2 heterocycles. The maximum absolute atomic E-state index is 12.8. The van der Waals surface area contributed by atoms with Crippen molar-refractivity contribution in [2.75, 3.05) is 5.32 Å². The molecule has 0 bridgehead atoms. The molecule has 28 heavy (non-hydrogen) atoms. The third-order valence-electron chi connectivity index (χ3n) is 4.55. The fraction of sp³-hybridized carbons (Fsp3) is 0.130. The first-order valence-corrected chi connectivity index (χ1v) is 9.13. The third-order valence-corrected chi connectivity index (χ3v) is 4.55. The molecule has 1 amide bonds. The number of nitrogens with zero attached hydrogens (tertiary/aromatic N) is 2. The number of ether oxygens (including phenoxy) is 1. The summed E-state index contributed by atoms with van der Waals surface area (Å²) < 4.78 is 7.87. The highest BCUT2D eigenvalue weighted by Gasteiger charge is 2.14. The van der Waals surface area contributed by atoms with Crippen LogP contribution in [0.5, 0.6) is 5.75 Å². The van der Waals surface area contributed by atoms with Gasteiger partial charge in [0.2, 0.25) is 0 Å². The Morgan fingerprint density at radius 2 is 1.89 bits per heavy atom. The smallest absolute Gasteiger partial charge is 0.259 e. The van der Waals surface area contributed by atoms with E-state index in [9.17, 15) is 4.79 Å². The Morgan fingerprint density at radius 1 is 1.07 bits per heavy atom. The average Bonchev–Trinajstić information content (AvgIpc) is 3.12. The average molecular weight is 371 g/mol. The molecule has 0 spiro atoms. The van der Waals surface area contributed by atoms with Crippen LogP contribution < -0.4 is 10.1 Å². The van der Waals surface area contributed by atoms with Crippen LogP contribution in [0.2, 0.25) is 0 Å². The number of aryl methyl sites for hydroxylation is 2. The minimum absolute atomic E-state index is 0.197. The highest BCUT2D eigenvalue weighted by molar-refractivity contribution is 6.06. The molecule has 0 aliphatic carbocycles. The Hall–Kier alpha value is -3.60. The highest BCUT2D eigenvalue weighted by atomic mass is 16.5. The summed E-state index contributed by atoms with van der Waals surface area (Å²) in [6.07, 6.45) is 3.87. The van der Waals surface area contributed by atoms with Crippen molar-refractivity contribution in [1.82, 2.24) is 9.38 Å². The highest BCUT2D eigenvalue weighted by Crippen LogP contribution is 2.23. The fourth-order valence-corrected chi connectivity index (χ4v) is 3.13. The van der Waals surface area contributed by atoms with E-state index in [0.29, 0.717) is 11.3 Å². The molecule has 4 rings (SSSR count). The first-order valence-electron chi connectivity index (χ1n) is 9.13. The van der Waals surface area contributed by atoms with Crippen molar-refractivity contribution in [2.45, 2.75) is 20.5 Å². The summed E-state index contributed by atoms with van der Waals surface area (Å²) in [5.41, 5.74) is 5.14. The van der Waals surface area contributed by atoms with Crippen LogP contribution in [0.25, 0.3) is 5.65 Å². The summed E-state index contributed by atoms with van der Waals surface area (Å²) in [6, 6.07) is 19.0. The molecule has 0 fully saturated rings. The van der Waals surface area contributed by atoms with Crippen molar-refractivity contribution in [2.24, 2.45) is 0 Å². The van der Waals surface area contributed by atoms with Gasteiger partial charge in [-0.25, -0.2) is 4.98 Å². The van der Waals surface area contributed by atoms with Gasteiger partial charge in [0.05, 0.1) is 11.3 Å². The third kappa shape index (κ3) is 3.74. The molecule has 0 aliphatic heterocycles. The van der Waals surface area contributed by atoms with Gasteiger partial charge in [0.15, 0.2) is 0 Å². The van der Waals surface area contributed by atoms with E-state index >= 15 is 0 Å². The summed E-state index contributed by atoms with van der Waals surface area (Å²) in [5.74, 6) is 0.333. The van der Waals surface area contributed by atoms with Gasteiger partial charge in [-0.2, -0.15) is 0 Å². The standard InChI is InChI=1S/C23H21N3O2/c1-16-10-11-20(17(2)13-16)25-23(27)19-7-3-4-8-21(19)28-15-18-14-26-12-6-5-9-22(26)24-18/h3-14H,15H2,1-2H3,(H,25,27). The molecule has 1 N–H and O–H groups in total. The Balaban J connectivity index is 1.52. The molecule has 2 aromatic heterocycles. The van der Waals surface area contributed by atoms with E-state index in [1.807, 2.05) is 79.2 Å². The number of aromatic nitrogens is 2. The van der Waals surface area contributed by atoms with Crippen LogP contribution in [0.1, 0.15) is 27.2 Å². The lowest BCUT2D eigenvalue weighted by Gasteiger charge is -2.12. The summed E-state index contributed by atoms with van der Waals surface area (Å²) in [6.45, 7) is 4.30. The van der Waals surface area contributed by atoms with Gasteiger partial charge < -0.3 is 14.5 Å². The Kier molecular flexibility index (Phi) is 4.81. The van der Waals surface area contributed by atoms with E-state index in [1.54, 1.807) is 12.1 Å². The predicted molar refractivity (Wildman–Crippen MR) is 110 cm³/mol. The monoisotopic (exact) mass is 371 g/mol. The second-order valence-electron chi connectivity index (χ2n) is 6.76. The molecule has 0 radical (unpaired) electrons. The van der Waals surface area contributed by atoms with Gasteiger partial charge >= 0.3 is 0 Å².